The van der Waals surface area contributed by atoms with Gasteiger partial charge >= 0.3 is 128 Å². The van der Waals surface area contributed by atoms with Crippen LogP contribution in [0, 0.1) is 0 Å². The van der Waals surface area contributed by atoms with Gasteiger partial charge in [-0.3, -0.25) is 0 Å². The zero-order valence-corrected chi connectivity index (χ0v) is 16.1. The summed E-state index contributed by atoms with van der Waals surface area (Å²) in [4.78, 5) is 0. The maximum absolute atomic E-state index is 5.71. The van der Waals surface area contributed by atoms with Gasteiger partial charge in [0.15, 0.2) is 0 Å². The van der Waals surface area contributed by atoms with Crippen molar-refractivity contribution in [2.24, 2.45) is 0 Å². The van der Waals surface area contributed by atoms with Crippen molar-refractivity contribution in [3.63, 3.8) is 0 Å². The van der Waals surface area contributed by atoms with Crippen LogP contribution in [0.1, 0.15) is 25.0 Å². The minimum atomic E-state index is -1.30. The molecule has 0 amide bonds. The van der Waals surface area contributed by atoms with Crippen LogP contribution in [0.4, 0.5) is 0 Å². The number of benzene rings is 2. The maximum Gasteiger partial charge on any atom is -1.00 e. The summed E-state index contributed by atoms with van der Waals surface area (Å²) in [5, 5.41) is 0. The van der Waals surface area contributed by atoms with Gasteiger partial charge in [0.1, 0.15) is 0 Å². The van der Waals surface area contributed by atoms with Crippen LogP contribution in [-0.2, 0) is 37.0 Å². The predicted octanol–water partition coefficient (Wildman–Crippen LogP) is -1.81. The molecule has 112 valence electrons. The summed E-state index contributed by atoms with van der Waals surface area (Å²) in [5.74, 6) is 1.82. The van der Waals surface area contributed by atoms with Crippen LogP contribution in [-0.4, -0.2) is 0 Å². The molecule has 0 fully saturated rings. The summed E-state index contributed by atoms with van der Waals surface area (Å²) < 4.78 is 11.4. The van der Waals surface area contributed by atoms with Gasteiger partial charge in [-0.15, -0.1) is 0 Å². The average molecular weight is 404 g/mol. The van der Waals surface area contributed by atoms with E-state index < -0.39 is 24.1 Å². The fourth-order valence-electron chi connectivity index (χ4n) is 1.70. The number of halogens is 2. The standard InChI is InChI=1S/2C8H10O.2ClH.Zr/c2*1-2-7-3-5-8(9)6-4-7;;;/h2*3-6,9H,2H2,1H3;2*1H;/q;;;;+4/p-4. The molecular formula is C16H18Cl2O2Zr. The van der Waals surface area contributed by atoms with Crippen molar-refractivity contribution in [2.45, 2.75) is 26.7 Å². The van der Waals surface area contributed by atoms with E-state index in [4.69, 9.17) is 5.63 Å². The van der Waals surface area contributed by atoms with Gasteiger partial charge in [0.2, 0.25) is 0 Å². The van der Waals surface area contributed by atoms with E-state index >= 15 is 0 Å². The van der Waals surface area contributed by atoms with Gasteiger partial charge in [-0.1, -0.05) is 0 Å². The molecule has 0 N–H and O–H groups in total. The molecule has 0 bridgehead atoms. The van der Waals surface area contributed by atoms with Crippen molar-refractivity contribution >= 4 is 0 Å². The Morgan fingerprint density at radius 2 is 1.00 bits per heavy atom. The van der Waals surface area contributed by atoms with Crippen molar-refractivity contribution in [1.29, 1.82) is 0 Å². The van der Waals surface area contributed by atoms with Crippen LogP contribution in [0.3, 0.4) is 0 Å². The number of hydrogen-bond donors (Lipinski definition) is 0. The van der Waals surface area contributed by atoms with E-state index in [-0.39, 0.29) is 24.8 Å². The van der Waals surface area contributed by atoms with Gasteiger partial charge < -0.3 is 24.8 Å². The second-order valence-corrected chi connectivity index (χ2v) is 5.70. The molecule has 2 rings (SSSR count). The number of rotatable bonds is 6. The Morgan fingerprint density at radius 1 is 0.667 bits per heavy atom. The fourth-order valence-corrected chi connectivity index (χ4v) is 2.95. The van der Waals surface area contributed by atoms with E-state index in [1.54, 1.807) is 0 Å². The Bertz CT molecular complexity index is 453. The molecule has 0 heterocycles. The molecule has 2 aromatic carbocycles. The van der Waals surface area contributed by atoms with Gasteiger partial charge in [-0.25, -0.2) is 0 Å². The van der Waals surface area contributed by atoms with Crippen molar-refractivity contribution in [2.75, 3.05) is 0 Å². The molecule has 0 aromatic heterocycles. The molecule has 2 nitrogen and oxygen atoms in total. The molecule has 0 saturated heterocycles. The van der Waals surface area contributed by atoms with Gasteiger partial charge in [-0.2, -0.15) is 0 Å². The molecule has 0 aliphatic carbocycles. The van der Waals surface area contributed by atoms with E-state index in [1.807, 2.05) is 24.3 Å². The van der Waals surface area contributed by atoms with Crippen LogP contribution in [0.2, 0.25) is 0 Å². The SMILES string of the molecule is CCc1ccc([O][Zr+2][O]c2ccc(CC)cc2)cc1.[Cl-].[Cl-]. The molecule has 0 atom stereocenters. The predicted molar refractivity (Wildman–Crippen MR) is 72.9 cm³/mol. The third kappa shape index (κ3) is 6.86. The first-order valence-electron chi connectivity index (χ1n) is 6.58. The van der Waals surface area contributed by atoms with E-state index in [2.05, 4.69) is 38.1 Å². The summed E-state index contributed by atoms with van der Waals surface area (Å²) in [7, 11) is 0. The zero-order valence-electron chi connectivity index (χ0n) is 12.1. The van der Waals surface area contributed by atoms with E-state index in [9.17, 15) is 0 Å². The summed E-state index contributed by atoms with van der Waals surface area (Å²) in [6.07, 6.45) is 2.11. The smallest absolute Gasteiger partial charge is 1.00 e. The van der Waals surface area contributed by atoms with E-state index in [1.165, 1.54) is 11.1 Å². The van der Waals surface area contributed by atoms with Crippen LogP contribution < -0.4 is 30.4 Å². The Hall–Kier alpha value is -0.497. The van der Waals surface area contributed by atoms with E-state index in [0.717, 1.165) is 24.3 Å². The fraction of sp³-hybridized carbons (Fsp3) is 0.250. The molecule has 21 heavy (non-hydrogen) atoms. The summed E-state index contributed by atoms with van der Waals surface area (Å²) in [6, 6.07) is 16.5. The summed E-state index contributed by atoms with van der Waals surface area (Å²) >= 11 is -1.30. The summed E-state index contributed by atoms with van der Waals surface area (Å²) in [6.45, 7) is 4.30. The monoisotopic (exact) mass is 402 g/mol. The number of aryl methyl sites for hydroxylation is 2. The first-order valence-corrected chi connectivity index (χ1v) is 8.59. The molecule has 0 aliphatic heterocycles. The Morgan fingerprint density at radius 3 is 1.29 bits per heavy atom. The maximum atomic E-state index is 5.71. The van der Waals surface area contributed by atoms with Crippen molar-refractivity contribution < 1.29 is 54.6 Å². The van der Waals surface area contributed by atoms with Gasteiger partial charge in [0.25, 0.3) is 0 Å². The molecule has 0 aliphatic rings. The molecule has 0 radical (unpaired) electrons. The molecule has 2 aromatic rings. The average Bonchev–Trinajstić information content (AvgIpc) is 2.49. The topological polar surface area (TPSA) is 18.5 Å². The largest absolute Gasteiger partial charge is 1.00 e. The van der Waals surface area contributed by atoms with Gasteiger partial charge in [-0.05, 0) is 0 Å². The second-order valence-electron chi connectivity index (χ2n) is 4.28. The Balaban J connectivity index is 0.00000200. The van der Waals surface area contributed by atoms with Gasteiger partial charge in [0, 0.05) is 0 Å². The second kappa shape index (κ2) is 11.1. The minimum absolute atomic E-state index is 0. The van der Waals surface area contributed by atoms with Crippen LogP contribution >= 0.6 is 0 Å². The van der Waals surface area contributed by atoms with Crippen molar-refractivity contribution in [3.05, 3.63) is 59.7 Å². The first kappa shape index (κ1) is 20.5. The molecule has 0 spiro atoms. The van der Waals surface area contributed by atoms with Crippen molar-refractivity contribution in [3.8, 4) is 11.5 Å². The molecular weight excluding hydrogens is 386 g/mol. The minimum Gasteiger partial charge on any atom is -1.00 e. The normalized spacial score (nSPS) is 8.86. The Kier molecular flexibility index (Phi) is 10.9. The molecule has 5 heteroatoms. The van der Waals surface area contributed by atoms with Crippen molar-refractivity contribution in [1.82, 2.24) is 0 Å². The first-order chi connectivity index (χ1) is 9.31. The van der Waals surface area contributed by atoms with Crippen LogP contribution in [0.15, 0.2) is 48.5 Å². The quantitative estimate of drug-likeness (QED) is 0.565. The number of hydrogen-bond acceptors (Lipinski definition) is 2. The van der Waals surface area contributed by atoms with Gasteiger partial charge in [0.05, 0.1) is 0 Å². The zero-order chi connectivity index (χ0) is 13.5. The molecule has 0 unspecified atom stereocenters. The third-order valence-corrected chi connectivity index (χ3v) is 4.55. The Labute approximate surface area is 151 Å². The van der Waals surface area contributed by atoms with Crippen LogP contribution in [0.25, 0.3) is 0 Å². The molecule has 0 saturated carbocycles. The van der Waals surface area contributed by atoms with Crippen LogP contribution in [0.5, 0.6) is 11.5 Å². The van der Waals surface area contributed by atoms with E-state index in [0.29, 0.717) is 0 Å². The summed E-state index contributed by atoms with van der Waals surface area (Å²) in [5.41, 5.74) is 2.66. The third-order valence-electron chi connectivity index (χ3n) is 2.98.